The molecule has 4 heteroatoms. The Morgan fingerprint density at radius 2 is 2.36 bits per heavy atom. The van der Waals surface area contributed by atoms with Crippen LogP contribution in [0.4, 0.5) is 5.82 Å². The maximum atomic E-state index is 9.83. The Bertz CT molecular complexity index is 281. The number of likely N-dealkylation sites (N-methyl/N-ethyl adjacent to an activating group) is 1. The van der Waals surface area contributed by atoms with E-state index in [1.165, 1.54) is 0 Å². The molecule has 0 saturated heterocycles. The first-order valence-electron chi connectivity index (χ1n) is 4.76. The molecule has 1 heterocycles. The van der Waals surface area contributed by atoms with Gasteiger partial charge in [0.25, 0.3) is 0 Å². The van der Waals surface area contributed by atoms with Crippen LogP contribution >= 0.6 is 0 Å². The van der Waals surface area contributed by atoms with Crippen molar-refractivity contribution in [3.8, 4) is 0 Å². The highest BCUT2D eigenvalue weighted by Crippen LogP contribution is 2.21. The van der Waals surface area contributed by atoms with Crippen LogP contribution in [-0.2, 0) is 0 Å². The summed E-state index contributed by atoms with van der Waals surface area (Å²) < 4.78 is 0. The highest BCUT2D eigenvalue weighted by molar-refractivity contribution is 5.45. The van der Waals surface area contributed by atoms with Gasteiger partial charge in [-0.1, -0.05) is 6.92 Å². The molecule has 0 radical (unpaired) electrons. The molecule has 1 rings (SSSR count). The van der Waals surface area contributed by atoms with E-state index in [1.54, 1.807) is 6.20 Å². The van der Waals surface area contributed by atoms with Gasteiger partial charge in [0.1, 0.15) is 5.82 Å². The number of aryl methyl sites for hydroxylation is 1. The molecular weight excluding hydrogens is 178 g/mol. The van der Waals surface area contributed by atoms with Gasteiger partial charge >= 0.3 is 0 Å². The van der Waals surface area contributed by atoms with Crippen molar-refractivity contribution >= 4 is 5.82 Å². The van der Waals surface area contributed by atoms with Crippen LogP contribution < -0.4 is 11.1 Å². The summed E-state index contributed by atoms with van der Waals surface area (Å²) in [5.74, 6) is 0.412. The summed E-state index contributed by atoms with van der Waals surface area (Å²) in [6.45, 7) is 5.25. The topological polar surface area (TPSA) is 71.2 Å². The number of anilines is 1. The van der Waals surface area contributed by atoms with Gasteiger partial charge in [-0.3, -0.25) is 0 Å². The Morgan fingerprint density at radius 1 is 1.64 bits per heavy atom. The number of hydrogen-bond donors (Lipinski definition) is 3. The Balaban J connectivity index is 2.82. The Hall–Kier alpha value is -1.13. The van der Waals surface area contributed by atoms with Crippen molar-refractivity contribution in [1.82, 2.24) is 10.3 Å². The highest BCUT2D eigenvalue weighted by Gasteiger charge is 2.13. The van der Waals surface area contributed by atoms with Crippen molar-refractivity contribution in [1.29, 1.82) is 0 Å². The molecule has 0 bridgehead atoms. The zero-order valence-corrected chi connectivity index (χ0v) is 8.62. The van der Waals surface area contributed by atoms with Gasteiger partial charge in [-0.05, 0) is 25.1 Å². The molecule has 0 saturated carbocycles. The molecule has 0 aliphatic carbocycles. The van der Waals surface area contributed by atoms with E-state index in [-0.39, 0.29) is 0 Å². The SMILES string of the molecule is CCNCC(O)c1c(C)ccnc1N. The molecule has 78 valence electrons. The summed E-state index contributed by atoms with van der Waals surface area (Å²) >= 11 is 0. The monoisotopic (exact) mass is 195 g/mol. The first-order valence-corrected chi connectivity index (χ1v) is 4.76. The van der Waals surface area contributed by atoms with Gasteiger partial charge in [0, 0.05) is 18.3 Å². The normalized spacial score (nSPS) is 12.8. The van der Waals surface area contributed by atoms with Crippen molar-refractivity contribution in [3.63, 3.8) is 0 Å². The van der Waals surface area contributed by atoms with Crippen LogP contribution in [0.15, 0.2) is 12.3 Å². The first kappa shape index (κ1) is 10.9. The highest BCUT2D eigenvalue weighted by atomic mass is 16.3. The van der Waals surface area contributed by atoms with E-state index in [0.717, 1.165) is 17.7 Å². The first-order chi connectivity index (χ1) is 6.66. The van der Waals surface area contributed by atoms with Gasteiger partial charge in [0.15, 0.2) is 0 Å². The van der Waals surface area contributed by atoms with E-state index in [1.807, 2.05) is 19.9 Å². The fraction of sp³-hybridized carbons (Fsp3) is 0.500. The maximum absolute atomic E-state index is 9.83. The second-order valence-electron chi connectivity index (χ2n) is 3.25. The van der Waals surface area contributed by atoms with Crippen LogP contribution in [0, 0.1) is 6.92 Å². The van der Waals surface area contributed by atoms with E-state index >= 15 is 0 Å². The van der Waals surface area contributed by atoms with Crippen LogP contribution in [0.1, 0.15) is 24.2 Å². The zero-order valence-electron chi connectivity index (χ0n) is 8.62. The molecule has 4 N–H and O–H groups in total. The standard InChI is InChI=1S/C10H17N3O/c1-3-12-6-8(14)9-7(2)4-5-13-10(9)11/h4-5,8,12,14H,3,6H2,1-2H3,(H2,11,13). The van der Waals surface area contributed by atoms with Crippen molar-refractivity contribution in [2.24, 2.45) is 0 Å². The minimum atomic E-state index is -0.580. The third-order valence-corrected chi connectivity index (χ3v) is 2.16. The number of nitrogen functional groups attached to an aromatic ring is 1. The summed E-state index contributed by atoms with van der Waals surface area (Å²) in [4.78, 5) is 3.96. The van der Waals surface area contributed by atoms with Crippen LogP contribution in [0.25, 0.3) is 0 Å². The number of nitrogens with one attached hydrogen (secondary N) is 1. The molecule has 0 aliphatic heterocycles. The lowest BCUT2D eigenvalue weighted by Gasteiger charge is -2.15. The third kappa shape index (κ3) is 2.43. The second kappa shape index (κ2) is 4.93. The summed E-state index contributed by atoms with van der Waals surface area (Å²) in [5, 5.41) is 12.9. The van der Waals surface area contributed by atoms with Crippen LogP contribution in [0.5, 0.6) is 0 Å². The number of aliphatic hydroxyl groups is 1. The molecule has 0 aliphatic rings. The lowest BCUT2D eigenvalue weighted by molar-refractivity contribution is 0.175. The molecule has 1 aromatic heterocycles. The van der Waals surface area contributed by atoms with Crippen molar-refractivity contribution in [2.75, 3.05) is 18.8 Å². The molecule has 14 heavy (non-hydrogen) atoms. The molecular formula is C10H17N3O. The van der Waals surface area contributed by atoms with Crippen LogP contribution in [-0.4, -0.2) is 23.2 Å². The van der Waals surface area contributed by atoms with Gasteiger partial charge < -0.3 is 16.2 Å². The van der Waals surface area contributed by atoms with Crippen molar-refractivity contribution in [3.05, 3.63) is 23.4 Å². The van der Waals surface area contributed by atoms with Gasteiger partial charge in [-0.15, -0.1) is 0 Å². The number of aliphatic hydroxyl groups excluding tert-OH is 1. The van der Waals surface area contributed by atoms with E-state index < -0.39 is 6.10 Å². The maximum Gasteiger partial charge on any atom is 0.129 e. The minimum Gasteiger partial charge on any atom is -0.387 e. The molecule has 0 fully saturated rings. The minimum absolute atomic E-state index is 0.412. The average Bonchev–Trinajstić information content (AvgIpc) is 2.14. The summed E-state index contributed by atoms with van der Waals surface area (Å²) in [6, 6.07) is 1.85. The van der Waals surface area contributed by atoms with Gasteiger partial charge in [-0.25, -0.2) is 4.98 Å². The van der Waals surface area contributed by atoms with E-state index in [0.29, 0.717) is 12.4 Å². The molecule has 0 aromatic carbocycles. The number of aromatic nitrogens is 1. The Labute approximate surface area is 84.2 Å². The molecule has 1 atom stereocenters. The Kier molecular flexibility index (Phi) is 3.85. The van der Waals surface area contributed by atoms with E-state index in [2.05, 4.69) is 10.3 Å². The van der Waals surface area contributed by atoms with Crippen LogP contribution in [0.2, 0.25) is 0 Å². The molecule has 0 spiro atoms. The largest absolute Gasteiger partial charge is 0.387 e. The molecule has 1 aromatic rings. The fourth-order valence-electron chi connectivity index (χ4n) is 1.41. The number of rotatable bonds is 4. The number of pyridine rings is 1. The summed E-state index contributed by atoms with van der Waals surface area (Å²) in [7, 11) is 0. The summed E-state index contributed by atoms with van der Waals surface area (Å²) in [6.07, 6.45) is 1.07. The fourth-order valence-corrected chi connectivity index (χ4v) is 1.41. The number of nitrogens with zero attached hydrogens (tertiary/aromatic N) is 1. The zero-order chi connectivity index (χ0) is 10.6. The molecule has 1 unspecified atom stereocenters. The predicted octanol–water partition coefficient (Wildman–Crippen LogP) is 0.615. The average molecular weight is 195 g/mol. The lowest BCUT2D eigenvalue weighted by Crippen LogP contribution is -2.22. The van der Waals surface area contributed by atoms with E-state index in [4.69, 9.17) is 5.73 Å². The van der Waals surface area contributed by atoms with Gasteiger partial charge in [-0.2, -0.15) is 0 Å². The number of nitrogens with two attached hydrogens (primary N) is 1. The van der Waals surface area contributed by atoms with Gasteiger partial charge in [0.2, 0.25) is 0 Å². The van der Waals surface area contributed by atoms with Crippen LogP contribution in [0.3, 0.4) is 0 Å². The van der Waals surface area contributed by atoms with E-state index in [9.17, 15) is 5.11 Å². The quantitative estimate of drug-likeness (QED) is 0.658. The third-order valence-electron chi connectivity index (χ3n) is 2.16. The summed E-state index contributed by atoms with van der Waals surface area (Å²) in [5.41, 5.74) is 7.40. The van der Waals surface area contributed by atoms with Crippen molar-refractivity contribution in [2.45, 2.75) is 20.0 Å². The lowest BCUT2D eigenvalue weighted by atomic mass is 10.1. The number of hydrogen-bond acceptors (Lipinski definition) is 4. The molecule has 0 amide bonds. The predicted molar refractivity (Wildman–Crippen MR) is 56.9 cm³/mol. The Morgan fingerprint density at radius 3 is 2.93 bits per heavy atom. The second-order valence-corrected chi connectivity index (χ2v) is 3.25. The van der Waals surface area contributed by atoms with Gasteiger partial charge in [0.05, 0.1) is 6.10 Å². The smallest absolute Gasteiger partial charge is 0.129 e. The van der Waals surface area contributed by atoms with Crippen molar-refractivity contribution < 1.29 is 5.11 Å². The molecule has 4 nitrogen and oxygen atoms in total.